The molecule has 0 unspecified atom stereocenters. The molecule has 0 N–H and O–H groups in total. The lowest BCUT2D eigenvalue weighted by atomic mass is 10.2. The zero-order valence-corrected chi connectivity index (χ0v) is 19.2. The molecule has 30 heavy (non-hydrogen) atoms. The van der Waals surface area contributed by atoms with Gasteiger partial charge in [0.15, 0.2) is 0 Å². The minimum Gasteiger partial charge on any atom is -0.366 e. The molecule has 0 aromatic heterocycles. The molecule has 1 saturated heterocycles. The molecule has 3 rings (SSSR count). The molecule has 1 fully saturated rings. The van der Waals surface area contributed by atoms with Gasteiger partial charge in [-0.2, -0.15) is 4.31 Å². The Morgan fingerprint density at radius 2 is 1.73 bits per heavy atom. The molecule has 11 heteroatoms. The molecule has 0 radical (unpaired) electrons. The number of carbonyl (C=O) groups excluding carboxylic acids is 1. The molecule has 6 nitrogen and oxygen atoms in total. The number of carbonyl (C=O) groups is 1. The van der Waals surface area contributed by atoms with E-state index in [0.717, 1.165) is 4.31 Å². The molecule has 2 aromatic carbocycles. The van der Waals surface area contributed by atoms with Gasteiger partial charge in [0, 0.05) is 38.2 Å². The van der Waals surface area contributed by atoms with Crippen LogP contribution in [-0.4, -0.2) is 63.3 Å². The maximum Gasteiger partial charge on any atom is 0.244 e. The summed E-state index contributed by atoms with van der Waals surface area (Å²) in [5.74, 6) is -0.640. The molecule has 0 bridgehead atoms. The average Bonchev–Trinajstić information content (AvgIpc) is 2.70. The van der Waals surface area contributed by atoms with E-state index in [1.807, 2.05) is 4.90 Å². The Labute approximate surface area is 191 Å². The first kappa shape index (κ1) is 24.7. The van der Waals surface area contributed by atoms with E-state index in [2.05, 4.69) is 0 Å². The van der Waals surface area contributed by atoms with Crippen molar-refractivity contribution in [1.82, 2.24) is 9.21 Å². The lowest BCUT2D eigenvalue weighted by molar-refractivity contribution is -0.131. The van der Waals surface area contributed by atoms with Gasteiger partial charge in [0.1, 0.15) is 10.7 Å². The third-order valence-electron chi connectivity index (χ3n) is 4.76. The number of rotatable bonds is 5. The number of sulfonamides is 1. The van der Waals surface area contributed by atoms with E-state index in [1.165, 1.54) is 31.3 Å². The standard InChI is InChI=1S/C19H20Cl2FN3O3S.ClH/c1-23(29(27,28)18-12-14(20)6-7-15(18)21)13-19(26)25-10-8-24(9-11-25)17-5-3-2-4-16(17)22;/h2-7,12H,8-11,13H2,1H3;1H. The summed E-state index contributed by atoms with van der Waals surface area (Å²) in [6.07, 6.45) is 0. The first-order valence-electron chi connectivity index (χ1n) is 8.89. The Morgan fingerprint density at radius 1 is 1.10 bits per heavy atom. The summed E-state index contributed by atoms with van der Waals surface area (Å²) in [4.78, 5) is 15.9. The van der Waals surface area contributed by atoms with E-state index >= 15 is 0 Å². The Balaban J connectivity index is 0.00000320. The van der Waals surface area contributed by atoms with Gasteiger partial charge in [0.25, 0.3) is 0 Å². The molecule has 0 atom stereocenters. The van der Waals surface area contributed by atoms with Crippen LogP contribution in [0.15, 0.2) is 47.4 Å². The second kappa shape index (κ2) is 10.2. The number of hydrogen-bond acceptors (Lipinski definition) is 4. The van der Waals surface area contributed by atoms with Crippen LogP contribution >= 0.6 is 35.6 Å². The highest BCUT2D eigenvalue weighted by molar-refractivity contribution is 7.89. The van der Waals surface area contributed by atoms with E-state index in [4.69, 9.17) is 23.2 Å². The number of nitrogens with zero attached hydrogens (tertiary/aromatic N) is 3. The van der Waals surface area contributed by atoms with Crippen LogP contribution in [0.25, 0.3) is 0 Å². The van der Waals surface area contributed by atoms with Gasteiger partial charge >= 0.3 is 0 Å². The molecule has 1 aliphatic rings. The van der Waals surface area contributed by atoms with E-state index in [0.29, 0.717) is 31.9 Å². The van der Waals surface area contributed by atoms with Gasteiger partial charge in [-0.05, 0) is 30.3 Å². The van der Waals surface area contributed by atoms with Gasteiger partial charge < -0.3 is 9.80 Å². The van der Waals surface area contributed by atoms with Crippen molar-refractivity contribution >= 4 is 57.2 Å². The predicted molar refractivity (Wildman–Crippen MR) is 119 cm³/mol. The fourth-order valence-electron chi connectivity index (χ4n) is 3.12. The monoisotopic (exact) mass is 495 g/mol. The molecule has 0 saturated carbocycles. The van der Waals surface area contributed by atoms with Crippen LogP contribution < -0.4 is 4.90 Å². The van der Waals surface area contributed by atoms with E-state index < -0.39 is 10.0 Å². The lowest BCUT2D eigenvalue weighted by Gasteiger charge is -2.36. The summed E-state index contributed by atoms with van der Waals surface area (Å²) in [6.45, 7) is 1.34. The highest BCUT2D eigenvalue weighted by Gasteiger charge is 2.29. The van der Waals surface area contributed by atoms with Gasteiger partial charge in [-0.15, -0.1) is 12.4 Å². The van der Waals surface area contributed by atoms with E-state index in [-0.39, 0.29) is 45.6 Å². The minimum atomic E-state index is -3.98. The Morgan fingerprint density at radius 3 is 2.37 bits per heavy atom. The van der Waals surface area contributed by atoms with E-state index in [9.17, 15) is 17.6 Å². The fraction of sp³-hybridized carbons (Fsp3) is 0.316. The number of amides is 1. The van der Waals surface area contributed by atoms with Crippen molar-refractivity contribution in [3.05, 3.63) is 58.3 Å². The smallest absolute Gasteiger partial charge is 0.244 e. The lowest BCUT2D eigenvalue weighted by Crippen LogP contribution is -2.51. The molecule has 1 aliphatic heterocycles. The second-order valence-electron chi connectivity index (χ2n) is 6.66. The Kier molecular flexibility index (Phi) is 8.35. The normalized spacial score (nSPS) is 14.6. The van der Waals surface area contributed by atoms with Crippen molar-refractivity contribution in [2.75, 3.05) is 44.7 Å². The second-order valence-corrected chi connectivity index (χ2v) is 9.51. The Bertz CT molecular complexity index is 1020. The topological polar surface area (TPSA) is 60.9 Å². The van der Waals surface area contributed by atoms with Crippen molar-refractivity contribution in [2.24, 2.45) is 0 Å². The average molecular weight is 497 g/mol. The van der Waals surface area contributed by atoms with Crippen LogP contribution in [-0.2, 0) is 14.8 Å². The third-order valence-corrected chi connectivity index (χ3v) is 7.28. The van der Waals surface area contributed by atoms with E-state index in [1.54, 1.807) is 23.1 Å². The summed E-state index contributed by atoms with van der Waals surface area (Å²) in [6, 6.07) is 10.6. The largest absolute Gasteiger partial charge is 0.366 e. The number of hydrogen-bond donors (Lipinski definition) is 0. The van der Waals surface area contributed by atoms with Crippen LogP contribution in [0, 0.1) is 5.82 Å². The van der Waals surface area contributed by atoms with Crippen LogP contribution in [0.1, 0.15) is 0 Å². The van der Waals surface area contributed by atoms with Gasteiger partial charge in [-0.25, -0.2) is 12.8 Å². The first-order valence-corrected chi connectivity index (χ1v) is 11.1. The molecule has 0 spiro atoms. The van der Waals surface area contributed by atoms with Crippen molar-refractivity contribution < 1.29 is 17.6 Å². The molecule has 164 valence electrons. The highest BCUT2D eigenvalue weighted by Crippen LogP contribution is 2.27. The summed E-state index contributed by atoms with van der Waals surface area (Å²) >= 11 is 11.9. The molecule has 1 amide bonds. The molecular weight excluding hydrogens is 476 g/mol. The third kappa shape index (κ3) is 5.36. The van der Waals surface area contributed by atoms with Crippen LogP contribution in [0.2, 0.25) is 10.0 Å². The molecule has 0 aliphatic carbocycles. The van der Waals surface area contributed by atoms with Gasteiger partial charge in [0.2, 0.25) is 15.9 Å². The maximum atomic E-state index is 13.9. The van der Waals surface area contributed by atoms with Crippen LogP contribution in [0.4, 0.5) is 10.1 Å². The number of benzene rings is 2. The predicted octanol–water partition coefficient (Wildman–Crippen LogP) is 3.52. The SMILES string of the molecule is CN(CC(=O)N1CCN(c2ccccc2F)CC1)S(=O)(=O)c1cc(Cl)ccc1Cl.Cl. The number of para-hydroxylation sites is 1. The zero-order chi connectivity index (χ0) is 21.2. The van der Waals surface area contributed by atoms with Gasteiger partial charge in [0.05, 0.1) is 17.3 Å². The summed E-state index contributed by atoms with van der Waals surface area (Å²) in [5.41, 5.74) is 0.495. The van der Waals surface area contributed by atoms with Crippen molar-refractivity contribution in [3.8, 4) is 0 Å². The molecular formula is C19H21Cl3FN3O3S. The number of piperazine rings is 1. The number of anilines is 1. The zero-order valence-electron chi connectivity index (χ0n) is 16.1. The van der Waals surface area contributed by atoms with Crippen LogP contribution in [0.5, 0.6) is 0 Å². The summed E-state index contributed by atoms with van der Waals surface area (Å²) in [5, 5.41) is 0.268. The number of halogens is 4. The van der Waals surface area contributed by atoms with Crippen LogP contribution in [0.3, 0.4) is 0 Å². The van der Waals surface area contributed by atoms with Crippen molar-refractivity contribution in [1.29, 1.82) is 0 Å². The number of likely N-dealkylation sites (N-methyl/N-ethyl adjacent to an activating group) is 1. The first-order chi connectivity index (χ1) is 13.7. The summed E-state index contributed by atoms with van der Waals surface area (Å²) in [7, 11) is -2.66. The van der Waals surface area contributed by atoms with Gasteiger partial charge in [-0.1, -0.05) is 35.3 Å². The maximum absolute atomic E-state index is 13.9. The quantitative estimate of drug-likeness (QED) is 0.635. The Hall–Kier alpha value is -1.58. The molecule has 1 heterocycles. The van der Waals surface area contributed by atoms with Crippen molar-refractivity contribution in [3.63, 3.8) is 0 Å². The van der Waals surface area contributed by atoms with Crippen molar-refractivity contribution in [2.45, 2.75) is 4.90 Å². The fourth-order valence-corrected chi connectivity index (χ4v) is 4.98. The molecule has 2 aromatic rings. The van der Waals surface area contributed by atoms with Gasteiger partial charge in [-0.3, -0.25) is 4.79 Å². The summed E-state index contributed by atoms with van der Waals surface area (Å²) < 4.78 is 40.4. The highest BCUT2D eigenvalue weighted by atomic mass is 35.5. The minimum absolute atomic E-state index is 0.